The molecule has 3 aromatic carbocycles. The first-order valence-corrected chi connectivity index (χ1v) is 11.2. The Morgan fingerprint density at radius 2 is 0.914 bits per heavy atom. The highest BCUT2D eigenvalue weighted by Gasteiger charge is 2.29. The van der Waals surface area contributed by atoms with Gasteiger partial charge in [-0.25, -0.2) is 0 Å². The molecule has 0 radical (unpaired) electrons. The van der Waals surface area contributed by atoms with Crippen LogP contribution in [0.25, 0.3) is 0 Å². The van der Waals surface area contributed by atoms with E-state index in [9.17, 15) is 0 Å². The van der Waals surface area contributed by atoms with Gasteiger partial charge in [0.05, 0.1) is 60.7 Å². The number of para-hydroxylation sites is 2. The highest BCUT2D eigenvalue weighted by atomic mass is 16.5. The molecule has 1 heterocycles. The maximum absolute atomic E-state index is 5.72. The van der Waals surface area contributed by atoms with Crippen LogP contribution in [0.1, 0.15) is 11.1 Å². The molecule has 0 aromatic heterocycles. The molecule has 0 N–H and O–H groups in total. The molecule has 1 aliphatic heterocycles. The molecule has 0 bridgehead atoms. The quantitative estimate of drug-likeness (QED) is 0.413. The first kappa shape index (κ1) is 24.2. The van der Waals surface area contributed by atoms with Crippen molar-refractivity contribution in [1.82, 2.24) is 0 Å². The van der Waals surface area contributed by atoms with Gasteiger partial charge in [-0.05, 0) is 36.4 Å². The third-order valence-corrected chi connectivity index (χ3v) is 6.20. The van der Waals surface area contributed by atoms with E-state index >= 15 is 0 Å². The van der Waals surface area contributed by atoms with Gasteiger partial charge in [-0.3, -0.25) is 0 Å². The maximum atomic E-state index is 5.72. The van der Waals surface area contributed by atoms with Crippen LogP contribution in [0.5, 0.6) is 34.5 Å². The average Bonchev–Trinajstić information content (AvgIpc) is 3.24. The fourth-order valence-corrected chi connectivity index (χ4v) is 4.61. The van der Waals surface area contributed by atoms with Crippen LogP contribution < -0.4 is 38.2 Å². The number of ether oxygens (including phenoxy) is 6. The van der Waals surface area contributed by atoms with E-state index in [-0.39, 0.29) is 0 Å². The van der Waals surface area contributed by atoms with E-state index in [1.165, 1.54) is 0 Å². The van der Waals surface area contributed by atoms with E-state index in [0.29, 0.717) is 54.3 Å². The lowest BCUT2D eigenvalue weighted by Gasteiger charge is -2.24. The van der Waals surface area contributed by atoms with Crippen molar-refractivity contribution in [2.24, 2.45) is 0 Å². The third-order valence-electron chi connectivity index (χ3n) is 6.20. The Morgan fingerprint density at radius 3 is 1.26 bits per heavy atom. The summed E-state index contributed by atoms with van der Waals surface area (Å²) < 4.78 is 33.5. The summed E-state index contributed by atoms with van der Waals surface area (Å²) in [6, 6.07) is 16.2. The van der Waals surface area contributed by atoms with Gasteiger partial charge in [0.25, 0.3) is 0 Å². The zero-order valence-corrected chi connectivity index (χ0v) is 21.1. The normalized spacial score (nSPS) is 12.3. The monoisotopic (exact) mass is 480 g/mol. The summed E-state index contributed by atoms with van der Waals surface area (Å²) in [5, 5.41) is 0. The molecule has 0 spiro atoms. The van der Waals surface area contributed by atoms with Gasteiger partial charge in [-0.2, -0.15) is 0 Å². The zero-order chi connectivity index (χ0) is 24.9. The molecule has 35 heavy (non-hydrogen) atoms. The van der Waals surface area contributed by atoms with Crippen molar-refractivity contribution in [3.8, 4) is 34.5 Å². The van der Waals surface area contributed by atoms with Gasteiger partial charge in [-0.15, -0.1) is 0 Å². The number of benzene rings is 3. The van der Waals surface area contributed by atoms with E-state index in [4.69, 9.17) is 28.4 Å². The van der Waals surface area contributed by atoms with Crippen molar-refractivity contribution < 1.29 is 28.4 Å². The van der Waals surface area contributed by atoms with Gasteiger partial charge in [0, 0.05) is 24.2 Å². The van der Waals surface area contributed by atoms with E-state index in [1.54, 1.807) is 42.7 Å². The van der Waals surface area contributed by atoms with Crippen LogP contribution in [0, 0.1) is 0 Å². The van der Waals surface area contributed by atoms with E-state index in [2.05, 4.69) is 34.1 Å². The number of methoxy groups -OCH3 is 6. The van der Waals surface area contributed by atoms with Crippen LogP contribution >= 0.6 is 0 Å². The van der Waals surface area contributed by atoms with Crippen molar-refractivity contribution in [2.45, 2.75) is 13.1 Å². The number of rotatable bonds is 10. The Kier molecular flexibility index (Phi) is 7.29. The van der Waals surface area contributed by atoms with Gasteiger partial charge >= 0.3 is 0 Å². The summed E-state index contributed by atoms with van der Waals surface area (Å²) in [6.07, 6.45) is 0. The first-order chi connectivity index (χ1) is 17.1. The average molecular weight is 481 g/mol. The number of hydrogen-bond acceptors (Lipinski definition) is 8. The summed E-state index contributed by atoms with van der Waals surface area (Å²) in [4.78, 5) is 4.62. The molecule has 0 saturated carbocycles. The minimum atomic E-state index is 0.590. The van der Waals surface area contributed by atoms with Crippen LogP contribution in [0.4, 0.5) is 11.4 Å². The zero-order valence-electron chi connectivity index (χ0n) is 21.1. The Hall–Kier alpha value is -3.94. The molecule has 0 saturated heterocycles. The molecular formula is C27H32N2O6. The Morgan fingerprint density at radius 1 is 0.514 bits per heavy atom. The Labute approximate surface area is 206 Å². The van der Waals surface area contributed by atoms with Gasteiger partial charge in [0.15, 0.2) is 23.0 Å². The Balaban J connectivity index is 1.66. The lowest BCUT2D eigenvalue weighted by molar-refractivity contribution is 0.322. The van der Waals surface area contributed by atoms with Crippen LogP contribution in [0.3, 0.4) is 0 Å². The molecular weight excluding hydrogens is 448 g/mol. The van der Waals surface area contributed by atoms with E-state index in [1.807, 2.05) is 24.3 Å². The molecule has 0 fully saturated rings. The van der Waals surface area contributed by atoms with Gasteiger partial charge < -0.3 is 38.2 Å². The van der Waals surface area contributed by atoms with Gasteiger partial charge in [0.1, 0.15) is 0 Å². The van der Waals surface area contributed by atoms with Gasteiger partial charge in [0.2, 0.25) is 11.5 Å². The topological polar surface area (TPSA) is 61.9 Å². The van der Waals surface area contributed by atoms with E-state index in [0.717, 1.165) is 22.5 Å². The summed E-state index contributed by atoms with van der Waals surface area (Å²) in [7, 11) is 9.77. The highest BCUT2D eigenvalue weighted by molar-refractivity contribution is 5.77. The minimum absolute atomic E-state index is 0.590. The lowest BCUT2D eigenvalue weighted by Crippen LogP contribution is -2.30. The number of nitrogens with zero attached hydrogens (tertiary/aromatic N) is 2. The second kappa shape index (κ2) is 10.5. The predicted octanol–water partition coefficient (Wildman–Crippen LogP) is 4.72. The molecule has 186 valence electrons. The smallest absolute Gasteiger partial charge is 0.203 e. The molecule has 0 unspecified atom stereocenters. The third kappa shape index (κ3) is 4.43. The van der Waals surface area contributed by atoms with Crippen molar-refractivity contribution in [3.05, 3.63) is 59.7 Å². The minimum Gasteiger partial charge on any atom is -0.493 e. The molecule has 1 aliphatic rings. The molecule has 0 amide bonds. The van der Waals surface area contributed by atoms with Crippen LogP contribution in [0.15, 0.2) is 48.5 Å². The second-order valence-electron chi connectivity index (χ2n) is 8.01. The molecule has 4 rings (SSSR count). The number of hydrogen-bond donors (Lipinski definition) is 0. The largest absolute Gasteiger partial charge is 0.493 e. The molecule has 8 nitrogen and oxygen atoms in total. The fourth-order valence-electron chi connectivity index (χ4n) is 4.61. The second-order valence-corrected chi connectivity index (χ2v) is 8.01. The van der Waals surface area contributed by atoms with Crippen molar-refractivity contribution >= 4 is 11.4 Å². The van der Waals surface area contributed by atoms with Gasteiger partial charge in [-0.1, -0.05) is 12.1 Å². The van der Waals surface area contributed by atoms with Crippen LogP contribution in [-0.2, 0) is 13.1 Å². The van der Waals surface area contributed by atoms with Crippen LogP contribution in [0.2, 0.25) is 0 Å². The molecule has 8 heteroatoms. The molecule has 0 atom stereocenters. The first-order valence-electron chi connectivity index (χ1n) is 11.2. The fraction of sp³-hybridized carbons (Fsp3) is 0.333. The molecule has 3 aromatic rings. The van der Waals surface area contributed by atoms with Crippen molar-refractivity contribution in [3.63, 3.8) is 0 Å². The summed E-state index contributed by atoms with van der Waals surface area (Å²) in [5.74, 6) is 3.79. The van der Waals surface area contributed by atoms with Crippen molar-refractivity contribution in [1.29, 1.82) is 0 Å². The standard InChI is InChI=1S/C27H32N2O6/c1-30-22-13-11-18(24(32-3)26(22)34-5)15-28-17-29(21-10-8-7-9-20(21)28)16-19-12-14-23(31-2)27(35-6)25(19)33-4/h7-14H,15-17H2,1-6H3. The summed E-state index contributed by atoms with van der Waals surface area (Å²) >= 11 is 0. The molecule has 0 aliphatic carbocycles. The summed E-state index contributed by atoms with van der Waals surface area (Å²) in [5.41, 5.74) is 4.29. The lowest BCUT2D eigenvalue weighted by atomic mass is 10.1. The maximum Gasteiger partial charge on any atom is 0.203 e. The summed E-state index contributed by atoms with van der Waals surface area (Å²) in [6.45, 7) is 1.97. The van der Waals surface area contributed by atoms with E-state index < -0.39 is 0 Å². The predicted molar refractivity (Wildman–Crippen MR) is 136 cm³/mol. The Bertz CT molecular complexity index is 1090. The highest BCUT2D eigenvalue weighted by Crippen LogP contribution is 2.45. The van der Waals surface area contributed by atoms with Crippen LogP contribution in [-0.4, -0.2) is 49.3 Å². The number of fused-ring (bicyclic) bond motifs is 1. The SMILES string of the molecule is COc1ccc(CN2CN(Cc3ccc(OC)c(OC)c3OC)c3ccccc32)c(OC)c1OC. The number of anilines is 2. The van der Waals surface area contributed by atoms with Crippen molar-refractivity contribution in [2.75, 3.05) is 59.1 Å².